The van der Waals surface area contributed by atoms with Crippen LogP contribution in [0.25, 0.3) is 0 Å². The van der Waals surface area contributed by atoms with Gasteiger partial charge < -0.3 is 0 Å². The minimum Gasteiger partial charge on any atom is -0.298 e. The maximum Gasteiger partial charge on any atom is 0.150 e. The lowest BCUT2D eigenvalue weighted by molar-refractivity contribution is 0.112. The van der Waals surface area contributed by atoms with Crippen LogP contribution >= 0.6 is 11.6 Å². The lowest BCUT2D eigenvalue weighted by Crippen LogP contribution is -1.97. The van der Waals surface area contributed by atoms with E-state index in [1.807, 2.05) is 13.0 Å². The number of carbonyl (C=O) groups is 1. The molecule has 2 aromatic rings. The molecule has 0 fully saturated rings. The van der Waals surface area contributed by atoms with Gasteiger partial charge in [-0.05, 0) is 36.2 Å². The van der Waals surface area contributed by atoms with Crippen molar-refractivity contribution in [3.8, 4) is 0 Å². The Morgan fingerprint density at radius 2 is 2.06 bits per heavy atom. The maximum atomic E-state index is 13.7. The number of carbonyl (C=O) groups excluding carboxylic acids is 1. The minimum absolute atomic E-state index is 0.304. The number of hydrogen-bond donors (Lipinski definition) is 0. The first-order valence-electron chi connectivity index (χ1n) is 5.59. The van der Waals surface area contributed by atoms with Crippen LogP contribution in [0.15, 0.2) is 36.4 Å². The van der Waals surface area contributed by atoms with Crippen molar-refractivity contribution in [2.75, 3.05) is 0 Å². The molecule has 0 unspecified atom stereocenters. The van der Waals surface area contributed by atoms with E-state index < -0.39 is 0 Å². The molecular formula is C15H12ClFO. The highest BCUT2D eigenvalue weighted by Gasteiger charge is 2.09. The van der Waals surface area contributed by atoms with Gasteiger partial charge in [0.05, 0.1) is 0 Å². The van der Waals surface area contributed by atoms with E-state index in [2.05, 4.69) is 0 Å². The van der Waals surface area contributed by atoms with Crippen molar-refractivity contribution < 1.29 is 9.18 Å². The lowest BCUT2D eigenvalue weighted by Gasteiger charge is -2.09. The van der Waals surface area contributed by atoms with Crippen LogP contribution in [0.2, 0.25) is 5.02 Å². The molecule has 3 heteroatoms. The smallest absolute Gasteiger partial charge is 0.150 e. The van der Waals surface area contributed by atoms with Crippen LogP contribution in [-0.2, 0) is 6.42 Å². The molecule has 2 aromatic carbocycles. The van der Waals surface area contributed by atoms with Gasteiger partial charge in [-0.15, -0.1) is 0 Å². The molecular weight excluding hydrogens is 251 g/mol. The van der Waals surface area contributed by atoms with E-state index in [0.29, 0.717) is 22.6 Å². The quantitative estimate of drug-likeness (QED) is 0.758. The molecule has 0 aliphatic heterocycles. The molecule has 0 saturated heterocycles. The fourth-order valence-electron chi connectivity index (χ4n) is 1.88. The van der Waals surface area contributed by atoms with Gasteiger partial charge in [0.15, 0.2) is 0 Å². The summed E-state index contributed by atoms with van der Waals surface area (Å²) in [7, 11) is 0. The normalized spacial score (nSPS) is 10.4. The zero-order valence-corrected chi connectivity index (χ0v) is 10.7. The predicted octanol–water partition coefficient (Wildman–Crippen LogP) is 4.19. The van der Waals surface area contributed by atoms with Crippen molar-refractivity contribution in [1.29, 1.82) is 0 Å². The van der Waals surface area contributed by atoms with Gasteiger partial charge in [0.2, 0.25) is 0 Å². The standard InChI is InChI=1S/C15H12ClFO/c1-10-7-11(9-18)5-6-12(10)8-13-14(16)3-2-4-15(13)17/h2-7,9H,8H2,1H3. The number of halogens is 2. The van der Waals surface area contributed by atoms with Gasteiger partial charge in [-0.2, -0.15) is 0 Å². The molecule has 92 valence electrons. The molecule has 18 heavy (non-hydrogen) atoms. The third kappa shape index (κ3) is 2.59. The van der Waals surface area contributed by atoms with Gasteiger partial charge >= 0.3 is 0 Å². The highest BCUT2D eigenvalue weighted by molar-refractivity contribution is 6.31. The van der Waals surface area contributed by atoms with E-state index in [1.165, 1.54) is 6.07 Å². The fourth-order valence-corrected chi connectivity index (χ4v) is 2.11. The number of rotatable bonds is 3. The lowest BCUT2D eigenvalue weighted by atomic mass is 9.98. The molecule has 0 spiro atoms. The molecule has 0 aromatic heterocycles. The first-order chi connectivity index (χ1) is 8.61. The topological polar surface area (TPSA) is 17.1 Å². The summed E-state index contributed by atoms with van der Waals surface area (Å²) in [5.41, 5.74) is 3.03. The summed E-state index contributed by atoms with van der Waals surface area (Å²) in [4.78, 5) is 10.7. The Bertz CT molecular complexity index is 573. The van der Waals surface area contributed by atoms with Gasteiger partial charge in [-0.3, -0.25) is 4.79 Å². The van der Waals surface area contributed by atoms with Crippen molar-refractivity contribution in [2.24, 2.45) is 0 Å². The molecule has 0 N–H and O–H groups in total. The average Bonchev–Trinajstić information content (AvgIpc) is 2.35. The van der Waals surface area contributed by atoms with E-state index in [1.54, 1.807) is 24.3 Å². The first kappa shape index (κ1) is 12.8. The van der Waals surface area contributed by atoms with Crippen LogP contribution in [0, 0.1) is 12.7 Å². The van der Waals surface area contributed by atoms with Gasteiger partial charge in [-0.1, -0.05) is 29.8 Å². The Labute approximate surface area is 110 Å². The molecule has 0 radical (unpaired) electrons. The Morgan fingerprint density at radius 1 is 1.28 bits per heavy atom. The Morgan fingerprint density at radius 3 is 2.67 bits per heavy atom. The Balaban J connectivity index is 2.37. The molecule has 0 saturated carbocycles. The summed E-state index contributed by atoms with van der Waals surface area (Å²) in [6, 6.07) is 10.0. The maximum absolute atomic E-state index is 13.7. The number of benzene rings is 2. The van der Waals surface area contributed by atoms with Crippen LogP contribution in [0.3, 0.4) is 0 Å². The molecule has 0 amide bonds. The molecule has 1 nitrogen and oxygen atoms in total. The van der Waals surface area contributed by atoms with Crippen LogP contribution in [-0.4, -0.2) is 6.29 Å². The zero-order chi connectivity index (χ0) is 13.1. The number of aryl methyl sites for hydroxylation is 1. The highest BCUT2D eigenvalue weighted by atomic mass is 35.5. The summed E-state index contributed by atoms with van der Waals surface area (Å²) in [6.07, 6.45) is 1.23. The highest BCUT2D eigenvalue weighted by Crippen LogP contribution is 2.23. The second kappa shape index (κ2) is 5.32. The van der Waals surface area contributed by atoms with Crippen molar-refractivity contribution in [1.82, 2.24) is 0 Å². The largest absolute Gasteiger partial charge is 0.298 e. The van der Waals surface area contributed by atoms with Gasteiger partial charge in [-0.25, -0.2) is 4.39 Å². The van der Waals surface area contributed by atoms with Crippen molar-refractivity contribution in [3.63, 3.8) is 0 Å². The molecule has 2 rings (SSSR count). The SMILES string of the molecule is Cc1cc(C=O)ccc1Cc1c(F)cccc1Cl. The molecule has 0 atom stereocenters. The third-order valence-corrected chi connectivity index (χ3v) is 3.29. The van der Waals surface area contributed by atoms with Crippen molar-refractivity contribution in [2.45, 2.75) is 13.3 Å². The van der Waals surface area contributed by atoms with Crippen LogP contribution in [0.4, 0.5) is 4.39 Å². The summed E-state index contributed by atoms with van der Waals surface area (Å²) >= 11 is 5.99. The second-order valence-corrected chi connectivity index (χ2v) is 4.59. The number of aldehydes is 1. The summed E-state index contributed by atoms with van der Waals surface area (Å²) in [6.45, 7) is 1.90. The van der Waals surface area contributed by atoms with Crippen LogP contribution in [0.1, 0.15) is 27.0 Å². The molecule has 0 bridgehead atoms. The van der Waals surface area contributed by atoms with Crippen LogP contribution < -0.4 is 0 Å². The summed E-state index contributed by atoms with van der Waals surface area (Å²) < 4.78 is 13.7. The van der Waals surface area contributed by atoms with E-state index in [0.717, 1.165) is 17.4 Å². The van der Waals surface area contributed by atoms with Gasteiger partial charge in [0.25, 0.3) is 0 Å². The van der Waals surface area contributed by atoms with E-state index in [4.69, 9.17) is 11.6 Å². The summed E-state index contributed by atoms with van der Waals surface area (Å²) in [5, 5.41) is 0.425. The minimum atomic E-state index is -0.304. The third-order valence-electron chi connectivity index (χ3n) is 2.93. The first-order valence-corrected chi connectivity index (χ1v) is 5.97. The average molecular weight is 263 g/mol. The van der Waals surface area contributed by atoms with Gasteiger partial charge in [0, 0.05) is 22.6 Å². The monoisotopic (exact) mass is 262 g/mol. The zero-order valence-electron chi connectivity index (χ0n) is 9.91. The summed E-state index contributed by atoms with van der Waals surface area (Å²) in [5.74, 6) is -0.304. The number of hydrogen-bond acceptors (Lipinski definition) is 1. The molecule has 0 heterocycles. The van der Waals surface area contributed by atoms with E-state index >= 15 is 0 Å². The van der Waals surface area contributed by atoms with Gasteiger partial charge in [0.1, 0.15) is 12.1 Å². The Kier molecular flexibility index (Phi) is 3.78. The fraction of sp³-hybridized carbons (Fsp3) is 0.133. The van der Waals surface area contributed by atoms with Crippen molar-refractivity contribution >= 4 is 17.9 Å². The van der Waals surface area contributed by atoms with E-state index in [9.17, 15) is 9.18 Å². The predicted molar refractivity (Wildman–Crippen MR) is 70.8 cm³/mol. The Hall–Kier alpha value is -1.67. The van der Waals surface area contributed by atoms with E-state index in [-0.39, 0.29) is 5.82 Å². The molecule has 0 aliphatic rings. The van der Waals surface area contributed by atoms with Crippen molar-refractivity contribution in [3.05, 3.63) is 69.5 Å². The van der Waals surface area contributed by atoms with Crippen LogP contribution in [0.5, 0.6) is 0 Å². The molecule has 0 aliphatic carbocycles. The second-order valence-electron chi connectivity index (χ2n) is 4.18.